The van der Waals surface area contributed by atoms with Crippen molar-refractivity contribution in [1.29, 1.82) is 0 Å². The van der Waals surface area contributed by atoms with Crippen molar-refractivity contribution < 1.29 is 4.79 Å². The van der Waals surface area contributed by atoms with E-state index in [0.717, 1.165) is 29.9 Å². The summed E-state index contributed by atoms with van der Waals surface area (Å²) in [7, 11) is 0. The average molecular weight is 476 g/mol. The first kappa shape index (κ1) is 24.0. The first-order valence-electron chi connectivity index (χ1n) is 12.0. The molecule has 7 heteroatoms. The van der Waals surface area contributed by atoms with Crippen molar-refractivity contribution in [2.24, 2.45) is 0 Å². The highest BCUT2D eigenvalue weighted by Crippen LogP contribution is 2.40. The third kappa shape index (κ3) is 4.71. The molecule has 0 bridgehead atoms. The van der Waals surface area contributed by atoms with E-state index in [9.17, 15) is 4.79 Å². The smallest absolute Gasteiger partial charge is 0.226 e. The molecule has 1 aliphatic rings. The number of anilines is 1. The van der Waals surface area contributed by atoms with Gasteiger partial charge in [-0.3, -0.25) is 9.78 Å². The van der Waals surface area contributed by atoms with Crippen molar-refractivity contribution in [2.45, 2.75) is 59.2 Å². The quantitative estimate of drug-likeness (QED) is 0.445. The molecule has 2 N–H and O–H groups in total. The molecule has 6 nitrogen and oxygen atoms in total. The van der Waals surface area contributed by atoms with Gasteiger partial charge in [0.05, 0.1) is 17.8 Å². The van der Waals surface area contributed by atoms with Crippen LogP contribution in [0.25, 0.3) is 0 Å². The maximum Gasteiger partial charge on any atom is 0.226 e. The Balaban J connectivity index is 1.59. The summed E-state index contributed by atoms with van der Waals surface area (Å²) in [5, 5.41) is 7.23. The summed E-state index contributed by atoms with van der Waals surface area (Å²) in [5.74, 6) is -0.0113. The fourth-order valence-electron chi connectivity index (χ4n) is 4.98. The van der Waals surface area contributed by atoms with Gasteiger partial charge in [-0.1, -0.05) is 31.2 Å². The molecule has 2 atom stereocenters. The van der Waals surface area contributed by atoms with E-state index >= 15 is 0 Å². The van der Waals surface area contributed by atoms with E-state index in [4.69, 9.17) is 12.2 Å². The Morgan fingerprint density at radius 1 is 1.15 bits per heavy atom. The molecule has 0 unspecified atom stereocenters. The zero-order chi connectivity index (χ0) is 24.2. The SMILES string of the molecule is CCc1ccccc1NC(=O)CCN1C(=S)N[C@@H](c2ccccn2)[C@H]1c1cc(C)n(CC)c1C. The first-order chi connectivity index (χ1) is 16.4. The topological polar surface area (TPSA) is 62.2 Å². The summed E-state index contributed by atoms with van der Waals surface area (Å²) < 4.78 is 2.32. The van der Waals surface area contributed by atoms with Crippen molar-refractivity contribution in [3.05, 3.63) is 82.9 Å². The summed E-state index contributed by atoms with van der Waals surface area (Å²) >= 11 is 5.78. The van der Waals surface area contributed by atoms with Gasteiger partial charge in [-0.05, 0) is 74.8 Å². The number of hydrogen-bond acceptors (Lipinski definition) is 3. The lowest BCUT2D eigenvalue weighted by molar-refractivity contribution is -0.116. The number of aromatic nitrogens is 2. The molecule has 1 aromatic carbocycles. The van der Waals surface area contributed by atoms with Crippen LogP contribution in [-0.4, -0.2) is 32.0 Å². The highest BCUT2D eigenvalue weighted by Gasteiger charge is 2.41. The van der Waals surface area contributed by atoms with E-state index < -0.39 is 0 Å². The second kappa shape index (κ2) is 10.4. The third-order valence-corrected chi connectivity index (χ3v) is 7.05. The van der Waals surface area contributed by atoms with Gasteiger partial charge < -0.3 is 20.1 Å². The standard InChI is InChI=1S/C27H33N5OS/c1-5-20-11-7-8-12-22(20)29-24(33)14-16-32-26(21-17-18(3)31(6-2)19(21)4)25(30-27(32)34)23-13-9-10-15-28-23/h7-13,15,17,25-26H,5-6,14,16H2,1-4H3,(H,29,33)(H,30,34)/t25-,26+/m0/s1. The van der Waals surface area contributed by atoms with Crippen molar-refractivity contribution in [2.75, 3.05) is 11.9 Å². The number of rotatable bonds is 8. The van der Waals surface area contributed by atoms with Crippen LogP contribution in [0, 0.1) is 13.8 Å². The number of aryl methyl sites for hydroxylation is 2. The van der Waals surface area contributed by atoms with Gasteiger partial charge in [0, 0.05) is 42.8 Å². The summed E-state index contributed by atoms with van der Waals surface area (Å²) in [5.41, 5.74) is 6.63. The monoisotopic (exact) mass is 475 g/mol. The average Bonchev–Trinajstić information content (AvgIpc) is 3.32. The summed E-state index contributed by atoms with van der Waals surface area (Å²) in [6.07, 6.45) is 3.03. The second-order valence-electron chi connectivity index (χ2n) is 8.70. The zero-order valence-electron chi connectivity index (χ0n) is 20.3. The summed E-state index contributed by atoms with van der Waals surface area (Å²) in [4.78, 5) is 19.7. The van der Waals surface area contributed by atoms with Crippen LogP contribution in [0.3, 0.4) is 0 Å². The van der Waals surface area contributed by atoms with Gasteiger partial charge in [0.1, 0.15) is 0 Å². The number of carbonyl (C=O) groups excluding carboxylic acids is 1. The van der Waals surface area contributed by atoms with E-state index in [0.29, 0.717) is 18.1 Å². The van der Waals surface area contributed by atoms with E-state index in [1.54, 1.807) is 0 Å². The number of nitrogens with one attached hydrogen (secondary N) is 2. The molecule has 178 valence electrons. The van der Waals surface area contributed by atoms with Crippen molar-refractivity contribution >= 4 is 28.9 Å². The highest BCUT2D eigenvalue weighted by atomic mass is 32.1. The van der Waals surface area contributed by atoms with E-state index in [1.165, 1.54) is 17.0 Å². The maximum absolute atomic E-state index is 12.9. The molecule has 3 heterocycles. The van der Waals surface area contributed by atoms with Crippen LogP contribution < -0.4 is 10.6 Å². The van der Waals surface area contributed by atoms with Crippen LogP contribution in [0.2, 0.25) is 0 Å². The minimum absolute atomic E-state index is 0.0113. The van der Waals surface area contributed by atoms with E-state index in [2.05, 4.69) is 58.8 Å². The molecule has 1 amide bonds. The van der Waals surface area contributed by atoms with Gasteiger partial charge in [-0.25, -0.2) is 0 Å². The van der Waals surface area contributed by atoms with Crippen LogP contribution in [0.4, 0.5) is 5.69 Å². The number of benzene rings is 1. The van der Waals surface area contributed by atoms with E-state index in [-0.39, 0.29) is 18.0 Å². The number of amides is 1. The molecular formula is C27H33N5OS. The Hall–Kier alpha value is -3.19. The lowest BCUT2D eigenvalue weighted by Crippen LogP contribution is -2.33. The van der Waals surface area contributed by atoms with Gasteiger partial charge in [0.25, 0.3) is 0 Å². The Labute approximate surface area is 207 Å². The summed E-state index contributed by atoms with van der Waals surface area (Å²) in [6, 6.07) is 16.0. The largest absolute Gasteiger partial charge is 0.352 e. The van der Waals surface area contributed by atoms with Crippen molar-refractivity contribution in [3.63, 3.8) is 0 Å². The Kier molecular flexibility index (Phi) is 7.32. The van der Waals surface area contributed by atoms with Crippen molar-refractivity contribution in [3.8, 4) is 0 Å². The van der Waals surface area contributed by atoms with Gasteiger partial charge in [0.2, 0.25) is 5.91 Å². The number of nitrogens with zero attached hydrogens (tertiary/aromatic N) is 3. The fraction of sp³-hybridized carbons (Fsp3) is 0.370. The van der Waals surface area contributed by atoms with Crippen LogP contribution in [0.1, 0.15) is 60.6 Å². The van der Waals surface area contributed by atoms with Gasteiger partial charge in [0.15, 0.2) is 5.11 Å². The number of carbonyl (C=O) groups is 1. The molecule has 0 radical (unpaired) electrons. The molecule has 0 spiro atoms. The van der Waals surface area contributed by atoms with Gasteiger partial charge >= 0.3 is 0 Å². The minimum Gasteiger partial charge on any atom is -0.352 e. The molecule has 4 rings (SSSR count). The lowest BCUT2D eigenvalue weighted by atomic mass is 9.96. The predicted octanol–water partition coefficient (Wildman–Crippen LogP) is 5.08. The maximum atomic E-state index is 12.9. The normalized spacial score (nSPS) is 17.6. The van der Waals surface area contributed by atoms with Gasteiger partial charge in [-0.15, -0.1) is 0 Å². The molecular weight excluding hydrogens is 442 g/mol. The molecule has 1 fully saturated rings. The van der Waals surface area contributed by atoms with Crippen LogP contribution >= 0.6 is 12.2 Å². The lowest BCUT2D eigenvalue weighted by Gasteiger charge is -2.28. The third-order valence-electron chi connectivity index (χ3n) is 6.70. The number of pyridine rings is 1. The molecule has 0 aliphatic carbocycles. The zero-order valence-corrected chi connectivity index (χ0v) is 21.2. The molecule has 1 saturated heterocycles. The number of thiocarbonyl (C=S) groups is 1. The molecule has 3 aromatic rings. The Morgan fingerprint density at radius 3 is 2.59 bits per heavy atom. The molecule has 1 aliphatic heterocycles. The minimum atomic E-state index is -0.0802. The summed E-state index contributed by atoms with van der Waals surface area (Å²) in [6.45, 7) is 9.99. The van der Waals surface area contributed by atoms with Crippen molar-refractivity contribution in [1.82, 2.24) is 19.8 Å². The second-order valence-corrected chi connectivity index (χ2v) is 9.09. The highest BCUT2D eigenvalue weighted by molar-refractivity contribution is 7.80. The Bertz CT molecular complexity index is 1170. The van der Waals surface area contributed by atoms with Crippen LogP contribution in [-0.2, 0) is 17.8 Å². The fourth-order valence-corrected chi connectivity index (χ4v) is 5.32. The van der Waals surface area contributed by atoms with Crippen LogP contribution in [0.15, 0.2) is 54.7 Å². The number of para-hydroxylation sites is 1. The van der Waals surface area contributed by atoms with Gasteiger partial charge in [-0.2, -0.15) is 0 Å². The predicted molar refractivity (Wildman–Crippen MR) is 141 cm³/mol. The number of hydrogen-bond donors (Lipinski definition) is 2. The molecule has 0 saturated carbocycles. The molecule has 2 aromatic heterocycles. The first-order valence-corrected chi connectivity index (χ1v) is 12.4. The Morgan fingerprint density at radius 2 is 1.91 bits per heavy atom. The molecule has 34 heavy (non-hydrogen) atoms. The van der Waals surface area contributed by atoms with E-state index in [1.807, 2.05) is 48.7 Å². The van der Waals surface area contributed by atoms with Crippen LogP contribution in [0.5, 0.6) is 0 Å².